The van der Waals surface area contributed by atoms with Crippen molar-refractivity contribution in [3.05, 3.63) is 41.5 Å². The third kappa shape index (κ3) is 2.96. The number of piperidine rings is 1. The van der Waals surface area contributed by atoms with E-state index in [0.717, 1.165) is 60.6 Å². The van der Waals surface area contributed by atoms with Crippen molar-refractivity contribution in [3.8, 4) is 0 Å². The minimum Gasteiger partial charge on any atom is -0.355 e. The maximum Gasteiger partial charge on any atom is 0.330 e. The summed E-state index contributed by atoms with van der Waals surface area (Å²) in [5, 5.41) is 0. The zero-order valence-corrected chi connectivity index (χ0v) is 17.4. The fourth-order valence-corrected chi connectivity index (χ4v) is 4.53. The van der Waals surface area contributed by atoms with Gasteiger partial charge in [-0.15, -0.1) is 0 Å². The number of fused-ring (bicyclic) bond motifs is 2. The Morgan fingerprint density at radius 1 is 1.00 bits per heavy atom. The average Bonchev–Trinajstić information content (AvgIpc) is 3.33. The summed E-state index contributed by atoms with van der Waals surface area (Å²) in [7, 11) is 0. The molecule has 5 heterocycles. The van der Waals surface area contributed by atoms with Crippen molar-refractivity contribution in [1.29, 1.82) is 0 Å². The largest absolute Gasteiger partial charge is 0.355 e. The van der Waals surface area contributed by atoms with Crippen molar-refractivity contribution in [3.63, 3.8) is 0 Å². The fraction of sp³-hybridized carbons (Fsp3) is 0.476. The number of aryl methyl sites for hydroxylation is 2. The van der Waals surface area contributed by atoms with Crippen LogP contribution in [-0.2, 0) is 19.6 Å². The number of rotatable bonds is 5. The van der Waals surface area contributed by atoms with Crippen molar-refractivity contribution < 1.29 is 0 Å². The molecular formula is C21H26N8O. The molecule has 4 aromatic heterocycles. The number of aromatic nitrogens is 7. The molecule has 0 unspecified atom stereocenters. The second-order valence-corrected chi connectivity index (χ2v) is 7.81. The highest BCUT2D eigenvalue weighted by Crippen LogP contribution is 2.27. The fourth-order valence-electron chi connectivity index (χ4n) is 4.53. The molecule has 0 saturated carbocycles. The number of hydrogen-bond donors (Lipinski definition) is 0. The summed E-state index contributed by atoms with van der Waals surface area (Å²) >= 11 is 0. The SMILES string of the molecule is CCn1cnc2c(N3CCC(Cn4c(=O)n(CC)c5cccnc54)CC3)ncnc21. The maximum atomic E-state index is 12.9. The van der Waals surface area contributed by atoms with Gasteiger partial charge in [-0.2, -0.15) is 0 Å². The van der Waals surface area contributed by atoms with E-state index < -0.39 is 0 Å². The van der Waals surface area contributed by atoms with Crippen LogP contribution in [0.5, 0.6) is 0 Å². The van der Waals surface area contributed by atoms with E-state index in [1.54, 1.807) is 17.1 Å². The molecule has 4 aromatic rings. The van der Waals surface area contributed by atoms with Gasteiger partial charge < -0.3 is 9.47 Å². The van der Waals surface area contributed by atoms with Crippen LogP contribution in [0.4, 0.5) is 5.82 Å². The molecule has 9 nitrogen and oxygen atoms in total. The number of hydrogen-bond acceptors (Lipinski definition) is 6. The summed E-state index contributed by atoms with van der Waals surface area (Å²) in [5.74, 6) is 1.34. The smallest absolute Gasteiger partial charge is 0.330 e. The molecule has 1 aliphatic rings. The molecule has 0 spiro atoms. The summed E-state index contributed by atoms with van der Waals surface area (Å²) < 4.78 is 5.69. The monoisotopic (exact) mass is 406 g/mol. The number of anilines is 1. The van der Waals surface area contributed by atoms with E-state index in [9.17, 15) is 4.79 Å². The molecule has 0 N–H and O–H groups in total. The van der Waals surface area contributed by atoms with Crippen LogP contribution in [-0.4, -0.2) is 46.7 Å². The van der Waals surface area contributed by atoms with Crippen LogP contribution in [0, 0.1) is 5.92 Å². The Morgan fingerprint density at radius 3 is 2.60 bits per heavy atom. The molecule has 1 aliphatic heterocycles. The Balaban J connectivity index is 1.35. The topological polar surface area (TPSA) is 86.7 Å². The Kier molecular flexibility index (Phi) is 4.72. The van der Waals surface area contributed by atoms with E-state index in [0.29, 0.717) is 19.0 Å². The molecule has 0 aliphatic carbocycles. The Bertz CT molecular complexity index is 1250. The summed E-state index contributed by atoms with van der Waals surface area (Å²) in [5.41, 5.74) is 3.49. The molecule has 0 radical (unpaired) electrons. The van der Waals surface area contributed by atoms with E-state index in [4.69, 9.17) is 0 Å². The van der Waals surface area contributed by atoms with E-state index in [1.165, 1.54) is 0 Å². The number of imidazole rings is 2. The second kappa shape index (κ2) is 7.55. The van der Waals surface area contributed by atoms with Crippen molar-refractivity contribution in [2.75, 3.05) is 18.0 Å². The van der Waals surface area contributed by atoms with Crippen molar-refractivity contribution in [2.24, 2.45) is 5.92 Å². The lowest BCUT2D eigenvalue weighted by atomic mass is 9.96. The van der Waals surface area contributed by atoms with Crippen molar-refractivity contribution in [2.45, 2.75) is 46.3 Å². The lowest BCUT2D eigenvalue weighted by Gasteiger charge is -2.32. The lowest BCUT2D eigenvalue weighted by Crippen LogP contribution is -2.37. The van der Waals surface area contributed by atoms with Crippen molar-refractivity contribution in [1.82, 2.24) is 33.6 Å². The maximum absolute atomic E-state index is 12.9. The van der Waals surface area contributed by atoms with Crippen LogP contribution < -0.4 is 10.6 Å². The number of nitrogens with zero attached hydrogens (tertiary/aromatic N) is 8. The highest BCUT2D eigenvalue weighted by Gasteiger charge is 2.25. The van der Waals surface area contributed by atoms with Crippen molar-refractivity contribution >= 4 is 28.1 Å². The molecule has 1 saturated heterocycles. The Labute approximate surface area is 174 Å². The van der Waals surface area contributed by atoms with Crippen LogP contribution in [0.15, 0.2) is 35.8 Å². The van der Waals surface area contributed by atoms with Crippen LogP contribution in [0.2, 0.25) is 0 Å². The third-order valence-electron chi connectivity index (χ3n) is 6.17. The molecule has 1 fully saturated rings. The predicted octanol–water partition coefficient (Wildman–Crippen LogP) is 2.29. The zero-order chi connectivity index (χ0) is 20.7. The highest BCUT2D eigenvalue weighted by atomic mass is 16.1. The van der Waals surface area contributed by atoms with Crippen LogP contribution >= 0.6 is 0 Å². The first-order valence-corrected chi connectivity index (χ1v) is 10.7. The van der Waals surface area contributed by atoms with Gasteiger partial charge in [-0.05, 0) is 44.7 Å². The van der Waals surface area contributed by atoms with Crippen LogP contribution in [0.1, 0.15) is 26.7 Å². The summed E-state index contributed by atoms with van der Waals surface area (Å²) in [6.07, 6.45) is 7.22. The lowest BCUT2D eigenvalue weighted by molar-refractivity contribution is 0.354. The summed E-state index contributed by atoms with van der Waals surface area (Å²) in [6.45, 7) is 8.06. The predicted molar refractivity (Wildman–Crippen MR) is 116 cm³/mol. The quantitative estimate of drug-likeness (QED) is 0.505. The molecule has 5 rings (SSSR count). The molecule has 9 heteroatoms. The van der Waals surface area contributed by atoms with E-state index in [1.807, 2.05) is 34.5 Å². The van der Waals surface area contributed by atoms with Gasteiger partial charge in [0.05, 0.1) is 11.8 Å². The molecule has 30 heavy (non-hydrogen) atoms. The Hall–Kier alpha value is -3.23. The minimum atomic E-state index is 0.0382. The molecule has 0 amide bonds. The van der Waals surface area contributed by atoms with Gasteiger partial charge in [0.15, 0.2) is 22.6 Å². The first-order valence-electron chi connectivity index (χ1n) is 10.7. The zero-order valence-electron chi connectivity index (χ0n) is 17.4. The van der Waals surface area contributed by atoms with Gasteiger partial charge in [-0.3, -0.25) is 9.13 Å². The second-order valence-electron chi connectivity index (χ2n) is 7.81. The van der Waals surface area contributed by atoms with Gasteiger partial charge in [0.1, 0.15) is 6.33 Å². The molecule has 0 bridgehead atoms. The van der Waals surface area contributed by atoms with Crippen LogP contribution in [0.25, 0.3) is 22.3 Å². The van der Waals surface area contributed by atoms with Gasteiger partial charge >= 0.3 is 5.69 Å². The first kappa shape index (κ1) is 18.8. The molecule has 156 valence electrons. The highest BCUT2D eigenvalue weighted by molar-refractivity contribution is 5.83. The molecule has 0 atom stereocenters. The first-order chi connectivity index (χ1) is 14.7. The summed E-state index contributed by atoms with van der Waals surface area (Å²) in [6, 6.07) is 3.86. The molecular weight excluding hydrogens is 380 g/mol. The van der Waals surface area contributed by atoms with Gasteiger partial charge in [-0.1, -0.05) is 0 Å². The van der Waals surface area contributed by atoms with E-state index >= 15 is 0 Å². The molecule has 0 aromatic carbocycles. The van der Waals surface area contributed by atoms with E-state index in [2.05, 4.69) is 31.8 Å². The standard InChI is InChI=1S/C21H26N8O/c1-3-26-14-25-17-19(26)23-13-24-20(17)27-10-7-15(8-11-27)12-29-18-16(6-5-9-22-18)28(4-2)21(29)30/h5-6,9,13-15H,3-4,7-8,10-12H2,1-2H3. The van der Waals surface area contributed by atoms with Gasteiger partial charge in [-0.25, -0.2) is 24.7 Å². The minimum absolute atomic E-state index is 0.0382. The summed E-state index contributed by atoms with van der Waals surface area (Å²) in [4.78, 5) is 33.2. The number of pyridine rings is 1. The van der Waals surface area contributed by atoms with Gasteiger partial charge in [0.25, 0.3) is 0 Å². The van der Waals surface area contributed by atoms with E-state index in [-0.39, 0.29) is 5.69 Å². The average molecular weight is 406 g/mol. The third-order valence-corrected chi connectivity index (χ3v) is 6.17. The van der Waals surface area contributed by atoms with Gasteiger partial charge in [0, 0.05) is 38.9 Å². The normalized spacial score (nSPS) is 15.5. The van der Waals surface area contributed by atoms with Gasteiger partial charge in [0.2, 0.25) is 0 Å². The van der Waals surface area contributed by atoms with Crippen LogP contribution in [0.3, 0.4) is 0 Å². The Morgan fingerprint density at radius 2 is 1.83 bits per heavy atom.